The molecule has 0 bridgehead atoms. The van der Waals surface area contributed by atoms with Gasteiger partial charge in [-0.25, -0.2) is 0 Å². The molecule has 2 N–H and O–H groups in total. The lowest BCUT2D eigenvalue weighted by Gasteiger charge is -2.17. The highest BCUT2D eigenvalue weighted by Crippen LogP contribution is 2.09. The highest BCUT2D eigenvalue weighted by Gasteiger charge is 2.22. The molecule has 1 amide bonds. The summed E-state index contributed by atoms with van der Waals surface area (Å²) in [5, 5.41) is 6.32. The molecule has 0 radical (unpaired) electrons. The van der Waals surface area contributed by atoms with Gasteiger partial charge < -0.3 is 10.6 Å². The molecule has 2 unspecified atom stereocenters. The van der Waals surface area contributed by atoms with Crippen LogP contribution in [0.4, 0.5) is 0 Å². The minimum atomic E-state index is 0.0625. The van der Waals surface area contributed by atoms with Gasteiger partial charge in [0, 0.05) is 6.04 Å². The van der Waals surface area contributed by atoms with Crippen molar-refractivity contribution in [2.75, 3.05) is 6.54 Å². The zero-order valence-electron chi connectivity index (χ0n) is 10.9. The summed E-state index contributed by atoms with van der Waals surface area (Å²) in [7, 11) is 0. The molecular formula is C13H26N2O. The maximum Gasteiger partial charge on any atom is 0.237 e. The molecule has 0 saturated carbocycles. The van der Waals surface area contributed by atoms with E-state index in [9.17, 15) is 4.79 Å². The van der Waals surface area contributed by atoms with Crippen LogP contribution in [0.25, 0.3) is 0 Å². The van der Waals surface area contributed by atoms with Crippen LogP contribution < -0.4 is 10.6 Å². The molecule has 0 aromatic carbocycles. The highest BCUT2D eigenvalue weighted by molar-refractivity contribution is 5.82. The number of amides is 1. The second-order valence-corrected chi connectivity index (χ2v) is 5.38. The van der Waals surface area contributed by atoms with Crippen LogP contribution in [0.1, 0.15) is 52.9 Å². The Bertz CT molecular complexity index is 210. The minimum Gasteiger partial charge on any atom is -0.352 e. The Labute approximate surface area is 99.4 Å². The third-order valence-corrected chi connectivity index (χ3v) is 3.18. The van der Waals surface area contributed by atoms with Gasteiger partial charge in [0.05, 0.1) is 6.04 Å². The van der Waals surface area contributed by atoms with Gasteiger partial charge in [-0.2, -0.15) is 0 Å². The lowest BCUT2D eigenvalue weighted by Crippen LogP contribution is -2.44. The van der Waals surface area contributed by atoms with Crippen molar-refractivity contribution < 1.29 is 4.79 Å². The SMILES string of the molecule is CC(C)CCCC(C)NC(=O)C1CCCN1. The predicted molar refractivity (Wildman–Crippen MR) is 67.3 cm³/mol. The summed E-state index contributed by atoms with van der Waals surface area (Å²) in [5.41, 5.74) is 0. The summed E-state index contributed by atoms with van der Waals surface area (Å²) in [4.78, 5) is 11.8. The van der Waals surface area contributed by atoms with Crippen molar-refractivity contribution in [3.8, 4) is 0 Å². The van der Waals surface area contributed by atoms with Gasteiger partial charge in [0.1, 0.15) is 0 Å². The molecule has 1 saturated heterocycles. The normalized spacial score (nSPS) is 22.4. The maximum absolute atomic E-state index is 11.8. The summed E-state index contributed by atoms with van der Waals surface area (Å²) in [6.07, 6.45) is 5.67. The van der Waals surface area contributed by atoms with E-state index in [2.05, 4.69) is 31.4 Å². The van der Waals surface area contributed by atoms with Gasteiger partial charge in [-0.1, -0.05) is 26.7 Å². The van der Waals surface area contributed by atoms with E-state index in [0.717, 1.165) is 31.7 Å². The second-order valence-electron chi connectivity index (χ2n) is 5.38. The molecule has 0 aromatic rings. The number of rotatable bonds is 6. The van der Waals surface area contributed by atoms with Crippen molar-refractivity contribution in [2.45, 2.75) is 65.0 Å². The van der Waals surface area contributed by atoms with Gasteiger partial charge in [-0.15, -0.1) is 0 Å². The van der Waals surface area contributed by atoms with Gasteiger partial charge in [-0.3, -0.25) is 4.79 Å². The number of carbonyl (C=O) groups excluding carboxylic acids is 1. The second kappa shape index (κ2) is 6.89. The Morgan fingerprint density at radius 2 is 2.12 bits per heavy atom. The molecule has 3 nitrogen and oxygen atoms in total. The number of hydrogen-bond donors (Lipinski definition) is 2. The molecule has 1 heterocycles. The molecule has 0 aliphatic carbocycles. The van der Waals surface area contributed by atoms with Crippen LogP contribution >= 0.6 is 0 Å². The Morgan fingerprint density at radius 1 is 1.38 bits per heavy atom. The molecule has 0 spiro atoms. The first kappa shape index (κ1) is 13.5. The molecule has 1 fully saturated rings. The third kappa shape index (κ3) is 4.97. The first-order valence-electron chi connectivity index (χ1n) is 6.63. The van der Waals surface area contributed by atoms with Crippen molar-refractivity contribution in [1.29, 1.82) is 0 Å². The van der Waals surface area contributed by atoms with Gasteiger partial charge in [-0.05, 0) is 38.6 Å². The lowest BCUT2D eigenvalue weighted by atomic mass is 10.0. The molecular weight excluding hydrogens is 200 g/mol. The van der Waals surface area contributed by atoms with Gasteiger partial charge in [0.15, 0.2) is 0 Å². The number of carbonyl (C=O) groups is 1. The quantitative estimate of drug-likeness (QED) is 0.728. The van der Waals surface area contributed by atoms with Crippen molar-refractivity contribution in [1.82, 2.24) is 10.6 Å². The van der Waals surface area contributed by atoms with Crippen LogP contribution in [0.3, 0.4) is 0 Å². The fourth-order valence-electron chi connectivity index (χ4n) is 2.16. The summed E-state index contributed by atoms with van der Waals surface area (Å²) in [6.45, 7) is 7.57. The number of nitrogens with one attached hydrogen (secondary N) is 2. The van der Waals surface area contributed by atoms with Crippen LogP contribution in [-0.2, 0) is 4.79 Å². The molecule has 1 rings (SSSR count). The Morgan fingerprint density at radius 3 is 2.69 bits per heavy atom. The molecule has 1 aliphatic rings. The standard InChI is InChI=1S/C13H26N2O/c1-10(2)6-4-7-11(3)15-13(16)12-8-5-9-14-12/h10-12,14H,4-9H2,1-3H3,(H,15,16). The molecule has 16 heavy (non-hydrogen) atoms. The van der Waals surface area contributed by atoms with Crippen molar-refractivity contribution in [3.63, 3.8) is 0 Å². The first-order chi connectivity index (χ1) is 7.59. The number of hydrogen-bond acceptors (Lipinski definition) is 2. The average Bonchev–Trinajstić information content (AvgIpc) is 2.69. The van der Waals surface area contributed by atoms with Crippen LogP contribution in [0.15, 0.2) is 0 Å². The van der Waals surface area contributed by atoms with E-state index in [4.69, 9.17) is 0 Å². The van der Waals surface area contributed by atoms with Crippen LogP contribution in [-0.4, -0.2) is 24.5 Å². The zero-order valence-corrected chi connectivity index (χ0v) is 10.9. The monoisotopic (exact) mass is 226 g/mol. The molecule has 3 heteroatoms. The van der Waals surface area contributed by atoms with E-state index >= 15 is 0 Å². The van der Waals surface area contributed by atoms with Gasteiger partial charge in [0.25, 0.3) is 0 Å². The average molecular weight is 226 g/mol. The largest absolute Gasteiger partial charge is 0.352 e. The summed E-state index contributed by atoms with van der Waals surface area (Å²) in [6, 6.07) is 0.376. The van der Waals surface area contributed by atoms with Crippen LogP contribution in [0.2, 0.25) is 0 Å². The molecule has 94 valence electrons. The van der Waals surface area contributed by atoms with Gasteiger partial charge >= 0.3 is 0 Å². The minimum absolute atomic E-state index is 0.0625. The predicted octanol–water partition coefficient (Wildman–Crippen LogP) is 2.07. The van der Waals surface area contributed by atoms with Crippen molar-refractivity contribution in [2.24, 2.45) is 5.92 Å². The van der Waals surface area contributed by atoms with Gasteiger partial charge in [0.2, 0.25) is 5.91 Å². The first-order valence-corrected chi connectivity index (χ1v) is 6.63. The summed E-state index contributed by atoms with van der Waals surface area (Å²) >= 11 is 0. The summed E-state index contributed by atoms with van der Waals surface area (Å²) < 4.78 is 0. The smallest absolute Gasteiger partial charge is 0.237 e. The topological polar surface area (TPSA) is 41.1 Å². The maximum atomic E-state index is 11.8. The van der Waals surface area contributed by atoms with Crippen LogP contribution in [0, 0.1) is 5.92 Å². The van der Waals surface area contributed by atoms with E-state index in [0.29, 0.717) is 6.04 Å². The summed E-state index contributed by atoms with van der Waals surface area (Å²) in [5.74, 6) is 0.953. The Kier molecular flexibility index (Phi) is 5.81. The Hall–Kier alpha value is -0.570. The lowest BCUT2D eigenvalue weighted by molar-refractivity contribution is -0.123. The molecule has 1 aliphatic heterocycles. The fraction of sp³-hybridized carbons (Fsp3) is 0.923. The highest BCUT2D eigenvalue weighted by atomic mass is 16.2. The Balaban J connectivity index is 2.12. The van der Waals surface area contributed by atoms with E-state index in [1.165, 1.54) is 12.8 Å². The van der Waals surface area contributed by atoms with E-state index in [-0.39, 0.29) is 11.9 Å². The van der Waals surface area contributed by atoms with E-state index in [1.54, 1.807) is 0 Å². The third-order valence-electron chi connectivity index (χ3n) is 3.18. The van der Waals surface area contributed by atoms with E-state index < -0.39 is 0 Å². The van der Waals surface area contributed by atoms with E-state index in [1.807, 2.05) is 0 Å². The fourth-order valence-corrected chi connectivity index (χ4v) is 2.16. The molecule has 2 atom stereocenters. The zero-order chi connectivity index (χ0) is 12.0. The van der Waals surface area contributed by atoms with Crippen LogP contribution in [0.5, 0.6) is 0 Å². The molecule has 0 aromatic heterocycles. The van der Waals surface area contributed by atoms with Crippen molar-refractivity contribution in [3.05, 3.63) is 0 Å². The van der Waals surface area contributed by atoms with Crippen molar-refractivity contribution >= 4 is 5.91 Å².